The Bertz CT molecular complexity index is 514. The first kappa shape index (κ1) is 11.4. The number of halogens is 2. The van der Waals surface area contributed by atoms with E-state index in [0.29, 0.717) is 5.82 Å². The zero-order valence-corrected chi connectivity index (χ0v) is 11.4. The molecule has 2 aromatic rings. The third kappa shape index (κ3) is 2.54. The molecule has 3 nitrogen and oxygen atoms in total. The SMILES string of the molecule is Nc1ncccc1Nc1cc(Br)ccc1Br. The van der Waals surface area contributed by atoms with E-state index in [-0.39, 0.29) is 0 Å². The molecule has 0 bridgehead atoms. The highest BCUT2D eigenvalue weighted by atomic mass is 79.9. The smallest absolute Gasteiger partial charge is 0.147 e. The van der Waals surface area contributed by atoms with Gasteiger partial charge in [-0.1, -0.05) is 15.9 Å². The van der Waals surface area contributed by atoms with E-state index in [1.165, 1.54) is 0 Å². The Kier molecular flexibility index (Phi) is 3.46. The van der Waals surface area contributed by atoms with Gasteiger partial charge in [-0.2, -0.15) is 0 Å². The van der Waals surface area contributed by atoms with Gasteiger partial charge in [0, 0.05) is 15.1 Å². The molecule has 5 heteroatoms. The van der Waals surface area contributed by atoms with E-state index in [0.717, 1.165) is 20.3 Å². The van der Waals surface area contributed by atoms with E-state index < -0.39 is 0 Å². The Balaban J connectivity index is 2.34. The van der Waals surface area contributed by atoms with E-state index in [1.807, 2.05) is 30.3 Å². The molecule has 0 spiro atoms. The molecule has 0 aliphatic heterocycles. The van der Waals surface area contributed by atoms with Gasteiger partial charge >= 0.3 is 0 Å². The van der Waals surface area contributed by atoms with Crippen LogP contribution in [0, 0.1) is 0 Å². The van der Waals surface area contributed by atoms with Crippen molar-refractivity contribution < 1.29 is 0 Å². The van der Waals surface area contributed by atoms with Crippen molar-refractivity contribution in [2.75, 3.05) is 11.1 Å². The summed E-state index contributed by atoms with van der Waals surface area (Å²) >= 11 is 6.89. The third-order valence-electron chi connectivity index (χ3n) is 2.04. The number of pyridine rings is 1. The maximum atomic E-state index is 5.76. The number of aromatic nitrogens is 1. The van der Waals surface area contributed by atoms with Gasteiger partial charge in [0.1, 0.15) is 5.82 Å². The lowest BCUT2D eigenvalue weighted by atomic mass is 10.3. The number of hydrogen-bond donors (Lipinski definition) is 2. The molecule has 1 aromatic carbocycles. The molecule has 0 fully saturated rings. The van der Waals surface area contributed by atoms with Crippen molar-refractivity contribution in [3.8, 4) is 0 Å². The normalized spacial score (nSPS) is 10.1. The Morgan fingerprint density at radius 3 is 2.69 bits per heavy atom. The van der Waals surface area contributed by atoms with Crippen LogP contribution in [-0.2, 0) is 0 Å². The van der Waals surface area contributed by atoms with Crippen LogP contribution in [-0.4, -0.2) is 4.98 Å². The summed E-state index contributed by atoms with van der Waals surface area (Å²) in [5.41, 5.74) is 7.49. The van der Waals surface area contributed by atoms with Gasteiger partial charge in [0.2, 0.25) is 0 Å². The predicted molar refractivity (Wildman–Crippen MR) is 73.8 cm³/mol. The number of rotatable bonds is 2. The number of nitrogens with one attached hydrogen (secondary N) is 1. The van der Waals surface area contributed by atoms with Crippen molar-refractivity contribution in [3.05, 3.63) is 45.5 Å². The molecule has 0 saturated heterocycles. The molecule has 0 unspecified atom stereocenters. The zero-order chi connectivity index (χ0) is 11.5. The largest absolute Gasteiger partial charge is 0.382 e. The molecule has 0 aliphatic carbocycles. The maximum Gasteiger partial charge on any atom is 0.147 e. The number of anilines is 3. The Hall–Kier alpha value is -1.07. The summed E-state index contributed by atoms with van der Waals surface area (Å²) in [5.74, 6) is 0.481. The van der Waals surface area contributed by atoms with E-state index in [1.54, 1.807) is 6.20 Å². The molecule has 1 heterocycles. The number of hydrogen-bond acceptors (Lipinski definition) is 3. The summed E-state index contributed by atoms with van der Waals surface area (Å²) in [6.45, 7) is 0. The number of nitrogens with two attached hydrogens (primary N) is 1. The van der Waals surface area contributed by atoms with Crippen LogP contribution >= 0.6 is 31.9 Å². The lowest BCUT2D eigenvalue weighted by molar-refractivity contribution is 1.33. The van der Waals surface area contributed by atoms with Gasteiger partial charge in [-0.15, -0.1) is 0 Å². The van der Waals surface area contributed by atoms with Gasteiger partial charge < -0.3 is 11.1 Å². The summed E-state index contributed by atoms with van der Waals surface area (Å²) in [4.78, 5) is 4.02. The number of nitrogen functional groups attached to an aromatic ring is 1. The average molecular weight is 343 g/mol. The summed E-state index contributed by atoms with van der Waals surface area (Å²) in [7, 11) is 0. The Labute approximate surface area is 110 Å². The second-order valence-electron chi connectivity index (χ2n) is 3.19. The van der Waals surface area contributed by atoms with E-state index in [4.69, 9.17) is 5.73 Å². The number of benzene rings is 1. The summed E-state index contributed by atoms with van der Waals surface area (Å²) in [5, 5.41) is 3.22. The lowest BCUT2D eigenvalue weighted by Crippen LogP contribution is -1.98. The monoisotopic (exact) mass is 341 g/mol. The topological polar surface area (TPSA) is 50.9 Å². The molecule has 1 aromatic heterocycles. The van der Waals surface area contributed by atoms with E-state index in [2.05, 4.69) is 42.2 Å². The quantitative estimate of drug-likeness (QED) is 0.869. The van der Waals surface area contributed by atoms with Crippen molar-refractivity contribution in [3.63, 3.8) is 0 Å². The minimum absolute atomic E-state index is 0.481. The molecule has 3 N–H and O–H groups in total. The van der Waals surface area contributed by atoms with Gasteiger partial charge in [0.05, 0.1) is 11.4 Å². The highest BCUT2D eigenvalue weighted by Gasteiger charge is 2.03. The van der Waals surface area contributed by atoms with Crippen LogP contribution in [0.3, 0.4) is 0 Å². The highest BCUT2D eigenvalue weighted by molar-refractivity contribution is 9.11. The highest BCUT2D eigenvalue weighted by Crippen LogP contribution is 2.30. The fourth-order valence-corrected chi connectivity index (χ4v) is 1.97. The summed E-state index contributed by atoms with van der Waals surface area (Å²) < 4.78 is 1.97. The number of nitrogens with zero attached hydrogens (tertiary/aromatic N) is 1. The van der Waals surface area contributed by atoms with Gasteiger partial charge in [0.25, 0.3) is 0 Å². The predicted octanol–water partition coefficient (Wildman–Crippen LogP) is 3.93. The van der Waals surface area contributed by atoms with Crippen LogP contribution in [0.25, 0.3) is 0 Å². The molecule has 0 aliphatic rings. The molecular formula is C11H9Br2N3. The van der Waals surface area contributed by atoms with Crippen LogP contribution in [0.4, 0.5) is 17.2 Å². The molecule has 0 saturated carbocycles. The first-order valence-electron chi connectivity index (χ1n) is 4.59. The van der Waals surface area contributed by atoms with Gasteiger partial charge in [0.15, 0.2) is 0 Å². The molecule has 16 heavy (non-hydrogen) atoms. The van der Waals surface area contributed by atoms with Crippen molar-refractivity contribution in [2.24, 2.45) is 0 Å². The maximum absolute atomic E-state index is 5.76. The van der Waals surface area contributed by atoms with Crippen molar-refractivity contribution >= 4 is 49.1 Å². The minimum atomic E-state index is 0.481. The lowest BCUT2D eigenvalue weighted by Gasteiger charge is -2.10. The van der Waals surface area contributed by atoms with Gasteiger partial charge in [-0.3, -0.25) is 0 Å². The molecule has 82 valence electrons. The molecule has 0 radical (unpaired) electrons. The average Bonchev–Trinajstić information content (AvgIpc) is 2.27. The van der Waals surface area contributed by atoms with Crippen LogP contribution in [0.2, 0.25) is 0 Å². The summed E-state index contributed by atoms with van der Waals surface area (Å²) in [6.07, 6.45) is 1.66. The van der Waals surface area contributed by atoms with Crippen LogP contribution in [0.15, 0.2) is 45.5 Å². The first-order valence-corrected chi connectivity index (χ1v) is 6.18. The first-order chi connectivity index (χ1) is 7.66. The summed E-state index contributed by atoms with van der Waals surface area (Å²) in [6, 6.07) is 9.61. The fourth-order valence-electron chi connectivity index (χ4n) is 1.26. The third-order valence-corrected chi connectivity index (χ3v) is 3.22. The van der Waals surface area contributed by atoms with Crippen molar-refractivity contribution in [1.29, 1.82) is 0 Å². The second kappa shape index (κ2) is 4.84. The van der Waals surface area contributed by atoms with Gasteiger partial charge in [-0.05, 0) is 46.3 Å². The molecule has 0 amide bonds. The van der Waals surface area contributed by atoms with Gasteiger partial charge in [-0.25, -0.2) is 4.98 Å². The standard InChI is InChI=1S/C11H9Br2N3/c12-7-3-4-8(13)10(6-7)16-9-2-1-5-15-11(9)14/h1-6,16H,(H2,14,15). The van der Waals surface area contributed by atoms with Crippen molar-refractivity contribution in [2.45, 2.75) is 0 Å². The fraction of sp³-hybridized carbons (Fsp3) is 0. The molecule has 0 atom stereocenters. The Morgan fingerprint density at radius 2 is 1.94 bits per heavy atom. The zero-order valence-electron chi connectivity index (χ0n) is 8.24. The van der Waals surface area contributed by atoms with E-state index in [9.17, 15) is 0 Å². The second-order valence-corrected chi connectivity index (χ2v) is 4.96. The van der Waals surface area contributed by atoms with Crippen LogP contribution in [0.5, 0.6) is 0 Å². The van der Waals surface area contributed by atoms with Crippen molar-refractivity contribution in [1.82, 2.24) is 4.98 Å². The molecule has 2 rings (SSSR count). The van der Waals surface area contributed by atoms with Crippen LogP contribution in [0.1, 0.15) is 0 Å². The Morgan fingerprint density at radius 1 is 1.12 bits per heavy atom. The minimum Gasteiger partial charge on any atom is -0.382 e. The molecular weight excluding hydrogens is 334 g/mol. The van der Waals surface area contributed by atoms with E-state index >= 15 is 0 Å². The van der Waals surface area contributed by atoms with Crippen LogP contribution < -0.4 is 11.1 Å².